The molecular formula is C14H18N2. The van der Waals surface area contributed by atoms with Gasteiger partial charge in [-0.05, 0) is 31.5 Å². The first-order chi connectivity index (χ1) is 7.77. The van der Waals surface area contributed by atoms with Gasteiger partial charge < -0.3 is 10.3 Å². The molecule has 84 valence electrons. The van der Waals surface area contributed by atoms with Gasteiger partial charge in [-0.3, -0.25) is 0 Å². The zero-order valence-electron chi connectivity index (χ0n) is 9.72. The van der Waals surface area contributed by atoms with Crippen molar-refractivity contribution < 1.29 is 0 Å². The van der Waals surface area contributed by atoms with E-state index in [1.807, 2.05) is 6.92 Å². The van der Waals surface area contributed by atoms with Gasteiger partial charge in [-0.15, -0.1) is 0 Å². The molecule has 0 saturated heterocycles. The van der Waals surface area contributed by atoms with Crippen LogP contribution in [0, 0.1) is 0 Å². The fourth-order valence-corrected chi connectivity index (χ4v) is 1.86. The number of aromatic nitrogens is 1. The molecule has 1 heterocycles. The van der Waals surface area contributed by atoms with Crippen molar-refractivity contribution in [3.05, 3.63) is 48.2 Å². The minimum absolute atomic E-state index is 0.905. The second-order valence-electron chi connectivity index (χ2n) is 4.24. The zero-order valence-corrected chi connectivity index (χ0v) is 9.72. The molecule has 2 nitrogen and oxygen atoms in total. The van der Waals surface area contributed by atoms with Gasteiger partial charge in [0.25, 0.3) is 0 Å². The molecule has 1 aromatic heterocycles. The summed E-state index contributed by atoms with van der Waals surface area (Å²) in [6.07, 6.45) is 3.16. The Morgan fingerprint density at radius 1 is 1.38 bits per heavy atom. The molecule has 0 unspecified atom stereocenters. The lowest BCUT2D eigenvalue weighted by Gasteiger charge is -2.03. The summed E-state index contributed by atoms with van der Waals surface area (Å²) in [6.45, 7) is 7.81. The third kappa shape index (κ3) is 2.52. The summed E-state index contributed by atoms with van der Waals surface area (Å²) in [6, 6.07) is 8.42. The largest absolute Gasteiger partial charge is 0.361 e. The molecule has 0 bridgehead atoms. The Hall–Kier alpha value is -1.54. The molecule has 1 aromatic carbocycles. The van der Waals surface area contributed by atoms with Gasteiger partial charge in [-0.2, -0.15) is 0 Å². The van der Waals surface area contributed by atoms with Crippen LogP contribution in [0.1, 0.15) is 12.5 Å². The number of hydrogen-bond acceptors (Lipinski definition) is 1. The standard InChI is InChI=1S/C14H18N2/c1-11(2)9-15-8-7-12-10-16-14-6-4-3-5-13(12)14/h3-6,10,15-16H,1,7-9H2,2H3. The summed E-state index contributed by atoms with van der Waals surface area (Å²) in [5, 5.41) is 4.71. The number of para-hydroxylation sites is 1. The van der Waals surface area contributed by atoms with Gasteiger partial charge in [0.1, 0.15) is 0 Å². The van der Waals surface area contributed by atoms with Crippen LogP contribution >= 0.6 is 0 Å². The SMILES string of the molecule is C=C(C)CNCCc1c[nH]c2ccccc12. The quantitative estimate of drug-likeness (QED) is 0.581. The molecule has 0 amide bonds. The maximum absolute atomic E-state index is 3.87. The Bertz CT molecular complexity index is 482. The number of benzene rings is 1. The van der Waals surface area contributed by atoms with Gasteiger partial charge in [-0.1, -0.05) is 30.4 Å². The first-order valence-corrected chi connectivity index (χ1v) is 5.67. The van der Waals surface area contributed by atoms with E-state index in [4.69, 9.17) is 0 Å². The minimum Gasteiger partial charge on any atom is -0.361 e. The fourth-order valence-electron chi connectivity index (χ4n) is 1.86. The molecule has 0 atom stereocenters. The van der Waals surface area contributed by atoms with Gasteiger partial charge in [-0.25, -0.2) is 0 Å². The summed E-state index contributed by atoms with van der Waals surface area (Å²) < 4.78 is 0. The van der Waals surface area contributed by atoms with E-state index in [0.29, 0.717) is 0 Å². The van der Waals surface area contributed by atoms with Gasteiger partial charge in [0.2, 0.25) is 0 Å². The Kier molecular flexibility index (Phi) is 3.42. The molecule has 2 aromatic rings. The van der Waals surface area contributed by atoms with E-state index in [0.717, 1.165) is 19.5 Å². The molecule has 0 aliphatic heterocycles. The highest BCUT2D eigenvalue weighted by Gasteiger charge is 2.01. The molecule has 0 aliphatic carbocycles. The van der Waals surface area contributed by atoms with E-state index >= 15 is 0 Å². The van der Waals surface area contributed by atoms with Crippen molar-refractivity contribution in [3.8, 4) is 0 Å². The Morgan fingerprint density at radius 2 is 2.19 bits per heavy atom. The van der Waals surface area contributed by atoms with Crippen molar-refractivity contribution >= 4 is 10.9 Å². The van der Waals surface area contributed by atoms with Crippen LogP contribution in [-0.4, -0.2) is 18.1 Å². The van der Waals surface area contributed by atoms with E-state index in [1.54, 1.807) is 0 Å². The third-order valence-corrected chi connectivity index (χ3v) is 2.67. The Balaban J connectivity index is 1.97. The molecule has 0 aliphatic rings. The lowest BCUT2D eigenvalue weighted by atomic mass is 10.1. The van der Waals surface area contributed by atoms with Crippen molar-refractivity contribution in [1.29, 1.82) is 0 Å². The average molecular weight is 214 g/mol. The summed E-state index contributed by atoms with van der Waals surface area (Å²) >= 11 is 0. The van der Waals surface area contributed by atoms with Crippen LogP contribution in [0.25, 0.3) is 10.9 Å². The molecule has 2 N–H and O–H groups in total. The molecule has 16 heavy (non-hydrogen) atoms. The number of aromatic amines is 1. The first-order valence-electron chi connectivity index (χ1n) is 5.67. The van der Waals surface area contributed by atoms with Crippen molar-refractivity contribution in [2.75, 3.05) is 13.1 Å². The number of nitrogens with one attached hydrogen (secondary N) is 2. The highest BCUT2D eigenvalue weighted by Crippen LogP contribution is 2.17. The van der Waals surface area contributed by atoms with Gasteiger partial charge in [0.05, 0.1) is 0 Å². The van der Waals surface area contributed by atoms with Crippen molar-refractivity contribution in [3.63, 3.8) is 0 Å². The number of rotatable bonds is 5. The zero-order chi connectivity index (χ0) is 11.4. The maximum atomic E-state index is 3.87. The topological polar surface area (TPSA) is 27.8 Å². The highest BCUT2D eigenvalue weighted by atomic mass is 14.8. The monoisotopic (exact) mass is 214 g/mol. The van der Waals surface area contributed by atoms with E-state index < -0.39 is 0 Å². The number of fused-ring (bicyclic) bond motifs is 1. The second kappa shape index (κ2) is 4.99. The van der Waals surface area contributed by atoms with Crippen LogP contribution in [-0.2, 0) is 6.42 Å². The van der Waals surface area contributed by atoms with E-state index in [-0.39, 0.29) is 0 Å². The van der Waals surface area contributed by atoms with Gasteiger partial charge >= 0.3 is 0 Å². The molecule has 0 radical (unpaired) electrons. The van der Waals surface area contributed by atoms with Crippen LogP contribution in [0.4, 0.5) is 0 Å². The van der Waals surface area contributed by atoms with E-state index in [9.17, 15) is 0 Å². The predicted octanol–water partition coefficient (Wildman–Crippen LogP) is 2.88. The van der Waals surface area contributed by atoms with Crippen LogP contribution in [0.3, 0.4) is 0 Å². The molecular weight excluding hydrogens is 196 g/mol. The van der Waals surface area contributed by atoms with Crippen molar-refractivity contribution in [2.45, 2.75) is 13.3 Å². The first kappa shape index (κ1) is 11.0. The summed E-state index contributed by atoms with van der Waals surface area (Å²) in [4.78, 5) is 3.29. The molecule has 0 fully saturated rings. The Labute approximate surface area is 96.4 Å². The van der Waals surface area contributed by atoms with Crippen LogP contribution in [0.2, 0.25) is 0 Å². The molecule has 2 heteroatoms. The summed E-state index contributed by atoms with van der Waals surface area (Å²) in [7, 11) is 0. The van der Waals surface area contributed by atoms with Crippen LogP contribution in [0.15, 0.2) is 42.6 Å². The predicted molar refractivity (Wildman–Crippen MR) is 69.7 cm³/mol. The van der Waals surface area contributed by atoms with Crippen LogP contribution < -0.4 is 5.32 Å². The third-order valence-electron chi connectivity index (χ3n) is 2.67. The number of hydrogen-bond donors (Lipinski definition) is 2. The lowest BCUT2D eigenvalue weighted by molar-refractivity contribution is 0.731. The Morgan fingerprint density at radius 3 is 3.00 bits per heavy atom. The normalized spacial score (nSPS) is 10.8. The van der Waals surface area contributed by atoms with E-state index in [2.05, 4.69) is 47.3 Å². The van der Waals surface area contributed by atoms with E-state index in [1.165, 1.54) is 22.0 Å². The molecule has 2 rings (SSSR count). The average Bonchev–Trinajstić information content (AvgIpc) is 2.68. The van der Waals surface area contributed by atoms with Crippen molar-refractivity contribution in [1.82, 2.24) is 10.3 Å². The summed E-state index contributed by atoms with van der Waals surface area (Å²) in [5.74, 6) is 0. The minimum atomic E-state index is 0.905. The summed E-state index contributed by atoms with van der Waals surface area (Å²) in [5.41, 5.74) is 3.78. The maximum Gasteiger partial charge on any atom is 0.0456 e. The number of H-pyrrole nitrogens is 1. The second-order valence-corrected chi connectivity index (χ2v) is 4.24. The highest BCUT2D eigenvalue weighted by molar-refractivity contribution is 5.83. The van der Waals surface area contributed by atoms with Crippen LogP contribution in [0.5, 0.6) is 0 Å². The lowest BCUT2D eigenvalue weighted by Crippen LogP contribution is -2.18. The molecule has 0 saturated carbocycles. The van der Waals surface area contributed by atoms with Crippen molar-refractivity contribution in [2.24, 2.45) is 0 Å². The fraction of sp³-hybridized carbons (Fsp3) is 0.286. The molecule has 0 spiro atoms. The van der Waals surface area contributed by atoms with Gasteiger partial charge in [0.15, 0.2) is 0 Å². The smallest absolute Gasteiger partial charge is 0.0456 e. The van der Waals surface area contributed by atoms with Gasteiger partial charge in [0, 0.05) is 23.6 Å².